The second-order valence-corrected chi connectivity index (χ2v) is 6.39. The van der Waals surface area contributed by atoms with E-state index in [0.29, 0.717) is 12.0 Å². The zero-order chi connectivity index (χ0) is 13.2. The first-order valence-electron chi connectivity index (χ1n) is 6.82. The van der Waals surface area contributed by atoms with Crippen molar-refractivity contribution in [3.8, 4) is 0 Å². The van der Waals surface area contributed by atoms with Crippen LogP contribution in [0.1, 0.15) is 36.9 Å². The van der Waals surface area contributed by atoms with Gasteiger partial charge in [0.25, 0.3) is 0 Å². The molecular formula is C17H19NS. The predicted molar refractivity (Wildman–Crippen MR) is 84.1 cm³/mol. The Morgan fingerprint density at radius 2 is 1.95 bits per heavy atom. The zero-order valence-electron chi connectivity index (χ0n) is 11.4. The summed E-state index contributed by atoms with van der Waals surface area (Å²) in [7, 11) is 0. The molecule has 1 N–H and O–H groups in total. The maximum Gasteiger partial charge on any atom is 0.0618 e. The molecule has 19 heavy (non-hydrogen) atoms. The van der Waals surface area contributed by atoms with E-state index < -0.39 is 0 Å². The van der Waals surface area contributed by atoms with Crippen LogP contribution in [0.15, 0.2) is 53.4 Å². The highest BCUT2D eigenvalue weighted by Gasteiger charge is 2.22. The maximum atomic E-state index is 3.67. The van der Waals surface area contributed by atoms with Crippen LogP contribution in [0.3, 0.4) is 0 Å². The van der Waals surface area contributed by atoms with Crippen molar-refractivity contribution in [3.05, 3.63) is 59.7 Å². The first-order chi connectivity index (χ1) is 9.24. The lowest BCUT2D eigenvalue weighted by Crippen LogP contribution is -2.09. The third kappa shape index (κ3) is 2.64. The van der Waals surface area contributed by atoms with Crippen molar-refractivity contribution in [2.24, 2.45) is 0 Å². The molecule has 0 amide bonds. The van der Waals surface area contributed by atoms with Crippen LogP contribution in [0.25, 0.3) is 0 Å². The molecule has 0 saturated carbocycles. The lowest BCUT2D eigenvalue weighted by atomic mass is 10.0. The molecule has 1 aliphatic heterocycles. The Bertz CT molecular complexity index is 577. The van der Waals surface area contributed by atoms with Gasteiger partial charge in [-0.3, -0.25) is 0 Å². The van der Waals surface area contributed by atoms with E-state index in [2.05, 4.69) is 67.7 Å². The van der Waals surface area contributed by atoms with Gasteiger partial charge in [0.1, 0.15) is 0 Å². The lowest BCUT2D eigenvalue weighted by molar-refractivity contribution is 0.861. The average molecular weight is 269 g/mol. The van der Waals surface area contributed by atoms with Crippen LogP contribution in [-0.2, 0) is 0 Å². The fraction of sp³-hybridized carbons (Fsp3) is 0.294. The fourth-order valence-corrected chi connectivity index (χ4v) is 3.63. The quantitative estimate of drug-likeness (QED) is 0.835. The van der Waals surface area contributed by atoms with Crippen molar-refractivity contribution >= 4 is 17.4 Å². The van der Waals surface area contributed by atoms with Crippen LogP contribution in [0.2, 0.25) is 0 Å². The molecule has 1 nitrogen and oxygen atoms in total. The molecule has 0 radical (unpaired) electrons. The summed E-state index contributed by atoms with van der Waals surface area (Å²) in [6, 6.07) is 17.9. The van der Waals surface area contributed by atoms with Gasteiger partial charge in [0, 0.05) is 16.3 Å². The zero-order valence-corrected chi connectivity index (χ0v) is 12.2. The van der Waals surface area contributed by atoms with Crippen LogP contribution < -0.4 is 5.32 Å². The summed E-state index contributed by atoms with van der Waals surface area (Å²) in [4.78, 5) is 1.42. The smallest absolute Gasteiger partial charge is 0.0618 e. The van der Waals surface area contributed by atoms with Gasteiger partial charge < -0.3 is 5.32 Å². The predicted octanol–water partition coefficient (Wildman–Crippen LogP) is 5.07. The molecule has 1 atom stereocenters. The van der Waals surface area contributed by atoms with E-state index in [4.69, 9.17) is 0 Å². The minimum atomic E-state index is 0.434. The molecule has 0 saturated heterocycles. The Morgan fingerprint density at radius 1 is 1.11 bits per heavy atom. The van der Waals surface area contributed by atoms with Crippen LogP contribution in [0.4, 0.5) is 5.69 Å². The van der Waals surface area contributed by atoms with E-state index in [-0.39, 0.29) is 0 Å². The third-order valence-corrected chi connectivity index (χ3v) is 4.78. The summed E-state index contributed by atoms with van der Waals surface area (Å²) in [6.45, 7) is 4.47. The van der Waals surface area contributed by atoms with Gasteiger partial charge in [-0.2, -0.15) is 0 Å². The molecule has 1 unspecified atom stereocenters. The number of nitrogens with one attached hydrogen (secondary N) is 1. The van der Waals surface area contributed by atoms with Gasteiger partial charge in [0.05, 0.1) is 6.04 Å². The van der Waals surface area contributed by atoms with E-state index in [1.54, 1.807) is 0 Å². The molecule has 3 rings (SSSR count). The van der Waals surface area contributed by atoms with Gasteiger partial charge in [-0.25, -0.2) is 0 Å². The number of hydrogen-bond donors (Lipinski definition) is 1. The first-order valence-corrected chi connectivity index (χ1v) is 7.81. The van der Waals surface area contributed by atoms with Crippen LogP contribution in [0.5, 0.6) is 0 Å². The Labute approximate surface area is 119 Å². The van der Waals surface area contributed by atoms with Gasteiger partial charge in [-0.1, -0.05) is 44.2 Å². The minimum absolute atomic E-state index is 0.434. The summed E-state index contributed by atoms with van der Waals surface area (Å²) in [5.74, 6) is 1.69. The van der Waals surface area contributed by atoms with Crippen LogP contribution in [-0.4, -0.2) is 5.75 Å². The molecule has 98 valence electrons. The van der Waals surface area contributed by atoms with Gasteiger partial charge >= 0.3 is 0 Å². The number of benzene rings is 2. The number of fused-ring (bicyclic) bond motifs is 1. The second-order valence-electron chi connectivity index (χ2n) is 5.33. The molecule has 0 spiro atoms. The number of anilines is 1. The topological polar surface area (TPSA) is 12.0 Å². The minimum Gasteiger partial charge on any atom is -0.377 e. The van der Waals surface area contributed by atoms with Crippen molar-refractivity contribution in [1.82, 2.24) is 0 Å². The molecule has 2 heteroatoms. The van der Waals surface area contributed by atoms with E-state index in [1.165, 1.54) is 21.7 Å². The summed E-state index contributed by atoms with van der Waals surface area (Å²) >= 11 is 1.94. The molecule has 1 aliphatic rings. The second kappa shape index (κ2) is 5.30. The Hall–Kier alpha value is -1.41. The van der Waals surface area contributed by atoms with Gasteiger partial charge in [-0.05, 0) is 35.2 Å². The fourth-order valence-electron chi connectivity index (χ4n) is 2.47. The van der Waals surface area contributed by atoms with Crippen molar-refractivity contribution in [3.63, 3.8) is 0 Å². The standard InChI is InChI=1S/C17H19NS/c1-12(2)13-6-5-7-14(10-13)18-16-11-19-17-9-4-3-8-15(16)17/h3-10,12,16,18H,11H2,1-2H3. The Morgan fingerprint density at radius 3 is 2.79 bits per heavy atom. The number of thioether (sulfide) groups is 1. The van der Waals surface area contributed by atoms with Crippen molar-refractivity contribution in [2.75, 3.05) is 11.1 Å². The van der Waals surface area contributed by atoms with E-state index >= 15 is 0 Å². The molecule has 0 aromatic heterocycles. The molecule has 0 fully saturated rings. The van der Waals surface area contributed by atoms with E-state index in [1.807, 2.05) is 11.8 Å². The third-order valence-electron chi connectivity index (χ3n) is 3.59. The molecular weight excluding hydrogens is 250 g/mol. The van der Waals surface area contributed by atoms with E-state index in [9.17, 15) is 0 Å². The van der Waals surface area contributed by atoms with Crippen LogP contribution in [0, 0.1) is 0 Å². The van der Waals surface area contributed by atoms with Crippen LogP contribution >= 0.6 is 11.8 Å². The van der Waals surface area contributed by atoms with Crippen molar-refractivity contribution < 1.29 is 0 Å². The molecule has 2 aromatic carbocycles. The van der Waals surface area contributed by atoms with Gasteiger partial charge in [0.15, 0.2) is 0 Å². The Balaban J connectivity index is 1.81. The Kier molecular flexibility index (Phi) is 3.52. The molecule has 0 bridgehead atoms. The largest absolute Gasteiger partial charge is 0.377 e. The average Bonchev–Trinajstić information content (AvgIpc) is 2.83. The SMILES string of the molecule is CC(C)c1cccc(NC2CSc3ccccc32)c1. The van der Waals surface area contributed by atoms with E-state index in [0.717, 1.165) is 5.75 Å². The highest BCUT2D eigenvalue weighted by molar-refractivity contribution is 7.99. The molecule has 1 heterocycles. The number of hydrogen-bond acceptors (Lipinski definition) is 2. The van der Waals surface area contributed by atoms with Gasteiger partial charge in [-0.15, -0.1) is 11.8 Å². The summed E-state index contributed by atoms with van der Waals surface area (Å²) in [5.41, 5.74) is 4.06. The molecule has 0 aliphatic carbocycles. The summed E-state index contributed by atoms with van der Waals surface area (Å²) in [5, 5.41) is 3.67. The van der Waals surface area contributed by atoms with Gasteiger partial charge in [0.2, 0.25) is 0 Å². The highest BCUT2D eigenvalue weighted by Crippen LogP contribution is 2.39. The summed E-state index contributed by atoms with van der Waals surface area (Å²) < 4.78 is 0. The highest BCUT2D eigenvalue weighted by atomic mass is 32.2. The number of rotatable bonds is 3. The van der Waals surface area contributed by atoms with Crippen molar-refractivity contribution in [1.29, 1.82) is 0 Å². The maximum absolute atomic E-state index is 3.67. The lowest BCUT2D eigenvalue weighted by Gasteiger charge is -2.16. The van der Waals surface area contributed by atoms with Crippen molar-refractivity contribution in [2.45, 2.75) is 30.7 Å². The summed E-state index contributed by atoms with van der Waals surface area (Å²) in [6.07, 6.45) is 0. The molecule has 2 aromatic rings. The normalized spacial score (nSPS) is 17.5. The monoisotopic (exact) mass is 269 g/mol. The first kappa shape index (κ1) is 12.6.